The van der Waals surface area contributed by atoms with Gasteiger partial charge in [0.1, 0.15) is 5.82 Å². The van der Waals surface area contributed by atoms with Gasteiger partial charge in [0, 0.05) is 52.3 Å². The van der Waals surface area contributed by atoms with Crippen molar-refractivity contribution in [1.29, 1.82) is 0 Å². The second kappa shape index (κ2) is 4.72. The molecule has 18 heavy (non-hydrogen) atoms. The maximum absolute atomic E-state index is 4.79. The van der Waals surface area contributed by atoms with E-state index in [2.05, 4.69) is 29.2 Å². The molecule has 0 spiro atoms. The summed E-state index contributed by atoms with van der Waals surface area (Å²) in [4.78, 5) is 14.0. The van der Waals surface area contributed by atoms with Crippen molar-refractivity contribution in [3.63, 3.8) is 0 Å². The minimum Gasteiger partial charge on any atom is -0.362 e. The molecule has 1 fully saturated rings. The van der Waals surface area contributed by atoms with E-state index >= 15 is 0 Å². The molecule has 2 aliphatic rings. The zero-order valence-electron chi connectivity index (χ0n) is 11.2. The molecule has 2 aliphatic heterocycles. The van der Waals surface area contributed by atoms with Gasteiger partial charge in [0.15, 0.2) is 0 Å². The highest BCUT2D eigenvalue weighted by molar-refractivity contribution is 5.53. The molecule has 5 heteroatoms. The molecule has 0 radical (unpaired) electrons. The fraction of sp³-hybridized carbons (Fsp3) is 0.692. The molecule has 0 saturated carbocycles. The van der Waals surface area contributed by atoms with Gasteiger partial charge in [-0.3, -0.25) is 0 Å². The fourth-order valence-corrected chi connectivity index (χ4v) is 2.74. The van der Waals surface area contributed by atoms with E-state index in [0.717, 1.165) is 44.4 Å². The van der Waals surface area contributed by atoms with Crippen LogP contribution in [0.4, 0.5) is 11.8 Å². The van der Waals surface area contributed by atoms with E-state index < -0.39 is 0 Å². The molecule has 0 atom stereocenters. The van der Waals surface area contributed by atoms with Gasteiger partial charge < -0.3 is 15.1 Å². The first kappa shape index (κ1) is 11.7. The number of nitrogens with zero attached hydrogens (tertiary/aromatic N) is 4. The molecule has 1 saturated heterocycles. The van der Waals surface area contributed by atoms with E-state index in [1.807, 2.05) is 0 Å². The highest BCUT2D eigenvalue weighted by Gasteiger charge is 2.22. The van der Waals surface area contributed by atoms with Crippen LogP contribution in [0, 0.1) is 0 Å². The van der Waals surface area contributed by atoms with Crippen molar-refractivity contribution < 1.29 is 0 Å². The summed E-state index contributed by atoms with van der Waals surface area (Å²) in [6.45, 7) is 4.12. The average molecular weight is 247 g/mol. The predicted molar refractivity (Wildman–Crippen MR) is 73.2 cm³/mol. The second-order valence-corrected chi connectivity index (χ2v) is 5.29. The third kappa shape index (κ3) is 2.03. The third-order valence-electron chi connectivity index (χ3n) is 3.71. The molecule has 1 N–H and O–H groups in total. The van der Waals surface area contributed by atoms with Crippen molar-refractivity contribution in [2.75, 3.05) is 43.5 Å². The lowest BCUT2D eigenvalue weighted by Crippen LogP contribution is -2.30. The van der Waals surface area contributed by atoms with Gasteiger partial charge >= 0.3 is 0 Å². The van der Waals surface area contributed by atoms with Crippen molar-refractivity contribution in [2.45, 2.75) is 25.8 Å². The minimum atomic E-state index is 0.892. The Balaban J connectivity index is 2.03. The normalized spacial score (nSPS) is 18.9. The lowest BCUT2D eigenvalue weighted by molar-refractivity contribution is 0.623. The van der Waals surface area contributed by atoms with Gasteiger partial charge in [0.05, 0.1) is 5.69 Å². The number of aromatic nitrogens is 2. The van der Waals surface area contributed by atoms with Crippen LogP contribution >= 0.6 is 0 Å². The summed E-state index contributed by atoms with van der Waals surface area (Å²) < 4.78 is 0. The standard InChI is InChI=1S/C13H21N5/c1-17(2)12-10-9-14-6-5-11(10)15-13(16-12)18-7-3-4-8-18/h14H,3-9H2,1-2H3. The number of anilines is 2. The van der Waals surface area contributed by atoms with Gasteiger partial charge in [0.25, 0.3) is 0 Å². The predicted octanol–water partition coefficient (Wildman–Crippen LogP) is 0.788. The van der Waals surface area contributed by atoms with Crippen LogP contribution in [0.25, 0.3) is 0 Å². The number of hydrogen-bond acceptors (Lipinski definition) is 5. The first-order valence-corrected chi connectivity index (χ1v) is 6.78. The molecule has 0 amide bonds. The molecular formula is C13H21N5. The van der Waals surface area contributed by atoms with Crippen LogP contribution in [0.15, 0.2) is 0 Å². The Morgan fingerprint density at radius 3 is 2.67 bits per heavy atom. The number of nitrogens with one attached hydrogen (secondary N) is 1. The molecule has 1 aromatic heterocycles. The van der Waals surface area contributed by atoms with Crippen molar-refractivity contribution in [1.82, 2.24) is 15.3 Å². The number of fused-ring (bicyclic) bond motifs is 1. The molecule has 0 aliphatic carbocycles. The Morgan fingerprint density at radius 2 is 1.94 bits per heavy atom. The largest absolute Gasteiger partial charge is 0.362 e. The second-order valence-electron chi connectivity index (χ2n) is 5.29. The Bertz CT molecular complexity index is 437. The summed E-state index contributed by atoms with van der Waals surface area (Å²) in [6, 6.07) is 0. The highest BCUT2D eigenvalue weighted by atomic mass is 15.3. The smallest absolute Gasteiger partial charge is 0.227 e. The Labute approximate surface area is 108 Å². The molecule has 0 bridgehead atoms. The molecule has 5 nitrogen and oxygen atoms in total. The zero-order chi connectivity index (χ0) is 12.5. The fourth-order valence-electron chi connectivity index (χ4n) is 2.74. The van der Waals surface area contributed by atoms with Gasteiger partial charge in [-0.25, -0.2) is 4.98 Å². The SMILES string of the molecule is CN(C)c1nc(N2CCCC2)nc2c1CNCC2. The summed E-state index contributed by atoms with van der Waals surface area (Å²) in [5, 5.41) is 3.40. The summed E-state index contributed by atoms with van der Waals surface area (Å²) in [5.41, 5.74) is 2.50. The minimum absolute atomic E-state index is 0.892. The van der Waals surface area contributed by atoms with Gasteiger partial charge in [-0.2, -0.15) is 4.98 Å². The first-order chi connectivity index (χ1) is 8.75. The van der Waals surface area contributed by atoms with Crippen molar-refractivity contribution in [2.24, 2.45) is 0 Å². The monoisotopic (exact) mass is 247 g/mol. The van der Waals surface area contributed by atoms with Gasteiger partial charge in [0.2, 0.25) is 5.95 Å². The van der Waals surface area contributed by atoms with E-state index in [-0.39, 0.29) is 0 Å². The van der Waals surface area contributed by atoms with Crippen molar-refractivity contribution in [3.05, 3.63) is 11.3 Å². The van der Waals surface area contributed by atoms with Gasteiger partial charge in [-0.05, 0) is 12.8 Å². The van der Waals surface area contributed by atoms with E-state index in [1.165, 1.54) is 24.1 Å². The maximum Gasteiger partial charge on any atom is 0.227 e. The van der Waals surface area contributed by atoms with Crippen LogP contribution in [0.5, 0.6) is 0 Å². The Hall–Kier alpha value is -1.36. The van der Waals surface area contributed by atoms with Crippen LogP contribution in [0.3, 0.4) is 0 Å². The zero-order valence-corrected chi connectivity index (χ0v) is 11.2. The van der Waals surface area contributed by atoms with E-state index in [4.69, 9.17) is 9.97 Å². The van der Waals surface area contributed by atoms with Crippen LogP contribution < -0.4 is 15.1 Å². The number of rotatable bonds is 2. The van der Waals surface area contributed by atoms with Crippen LogP contribution in [0.2, 0.25) is 0 Å². The van der Waals surface area contributed by atoms with Crippen LogP contribution in [-0.4, -0.2) is 43.7 Å². The summed E-state index contributed by atoms with van der Waals surface area (Å²) in [5.74, 6) is 2.01. The summed E-state index contributed by atoms with van der Waals surface area (Å²) in [7, 11) is 4.12. The Kier molecular flexibility index (Phi) is 3.07. The van der Waals surface area contributed by atoms with E-state index in [1.54, 1.807) is 0 Å². The molecule has 0 unspecified atom stereocenters. The highest BCUT2D eigenvalue weighted by Crippen LogP contribution is 2.26. The number of hydrogen-bond donors (Lipinski definition) is 1. The average Bonchev–Trinajstić information content (AvgIpc) is 2.91. The van der Waals surface area contributed by atoms with E-state index in [0.29, 0.717) is 0 Å². The lowest BCUT2D eigenvalue weighted by atomic mass is 10.1. The van der Waals surface area contributed by atoms with Crippen LogP contribution in [-0.2, 0) is 13.0 Å². The molecular weight excluding hydrogens is 226 g/mol. The molecule has 3 rings (SSSR count). The molecule has 1 aromatic rings. The topological polar surface area (TPSA) is 44.3 Å². The molecule has 3 heterocycles. The quantitative estimate of drug-likeness (QED) is 0.837. The van der Waals surface area contributed by atoms with Crippen molar-refractivity contribution in [3.8, 4) is 0 Å². The third-order valence-corrected chi connectivity index (χ3v) is 3.71. The lowest BCUT2D eigenvalue weighted by Gasteiger charge is -2.25. The molecule has 98 valence electrons. The first-order valence-electron chi connectivity index (χ1n) is 6.78. The maximum atomic E-state index is 4.79. The van der Waals surface area contributed by atoms with E-state index in [9.17, 15) is 0 Å². The van der Waals surface area contributed by atoms with Crippen LogP contribution in [0.1, 0.15) is 24.1 Å². The molecule has 0 aromatic carbocycles. The van der Waals surface area contributed by atoms with Crippen molar-refractivity contribution >= 4 is 11.8 Å². The Morgan fingerprint density at radius 1 is 1.17 bits per heavy atom. The summed E-state index contributed by atoms with van der Waals surface area (Å²) >= 11 is 0. The van der Waals surface area contributed by atoms with Gasteiger partial charge in [-0.15, -0.1) is 0 Å². The summed E-state index contributed by atoms with van der Waals surface area (Å²) in [6.07, 6.45) is 3.54. The van der Waals surface area contributed by atoms with Gasteiger partial charge in [-0.1, -0.05) is 0 Å².